The average molecular weight is 788 g/mol. The van der Waals surface area contributed by atoms with Crippen molar-refractivity contribution in [3.8, 4) is 22.9 Å². The fourth-order valence-corrected chi connectivity index (χ4v) is 9.36. The Hall–Kier alpha value is -5.76. The second-order valence-electron chi connectivity index (χ2n) is 15.9. The van der Waals surface area contributed by atoms with Gasteiger partial charge in [0.15, 0.2) is 5.82 Å². The predicted octanol–water partition coefficient (Wildman–Crippen LogP) is 4.92. The van der Waals surface area contributed by atoms with Crippen LogP contribution in [0.3, 0.4) is 0 Å². The van der Waals surface area contributed by atoms with E-state index >= 15 is 0 Å². The molecule has 58 heavy (non-hydrogen) atoms. The van der Waals surface area contributed by atoms with Crippen molar-refractivity contribution in [1.82, 2.24) is 30.3 Å². The van der Waals surface area contributed by atoms with E-state index in [9.17, 15) is 19.5 Å². The summed E-state index contributed by atoms with van der Waals surface area (Å²) in [6.45, 7) is 14.4. The van der Waals surface area contributed by atoms with Crippen LogP contribution in [-0.4, -0.2) is 112 Å². The van der Waals surface area contributed by atoms with Crippen molar-refractivity contribution in [2.24, 2.45) is 0 Å². The Morgan fingerprint density at radius 3 is 2.52 bits per heavy atom. The van der Waals surface area contributed by atoms with E-state index in [1.165, 1.54) is 0 Å². The molecule has 0 aliphatic carbocycles. The lowest BCUT2D eigenvalue weighted by molar-refractivity contribution is -0.136. The Morgan fingerprint density at radius 1 is 0.983 bits per heavy atom. The number of aromatic nitrogens is 3. The van der Waals surface area contributed by atoms with E-state index in [0.29, 0.717) is 42.2 Å². The van der Waals surface area contributed by atoms with Gasteiger partial charge in [0.1, 0.15) is 17.9 Å². The maximum absolute atomic E-state index is 13.4. The number of hydrogen-bond donors (Lipinski definition) is 2. The highest BCUT2D eigenvalue weighted by molar-refractivity contribution is 6.05. The summed E-state index contributed by atoms with van der Waals surface area (Å²) in [6, 6.07) is 16.9. The van der Waals surface area contributed by atoms with Gasteiger partial charge in [-0.3, -0.25) is 24.6 Å². The number of aromatic hydroxyl groups is 1. The number of hydrogen-bond acceptors (Lipinski definition) is 12. The molecular formula is C44H53N9O5. The van der Waals surface area contributed by atoms with Gasteiger partial charge in [-0.1, -0.05) is 39.0 Å². The van der Waals surface area contributed by atoms with Crippen LogP contribution in [0.4, 0.5) is 17.2 Å². The molecule has 2 aromatic heterocycles. The minimum Gasteiger partial charge on any atom is -0.507 e. The molecule has 0 radical (unpaired) electrons. The molecule has 14 heteroatoms. The molecule has 4 aromatic rings. The van der Waals surface area contributed by atoms with Crippen LogP contribution < -0.4 is 24.8 Å². The Bertz CT molecular complexity index is 2230. The number of para-hydroxylation sites is 1. The number of likely N-dealkylation sites (N-methyl/N-ethyl adjacent to an activating group) is 1. The number of phenols is 1. The van der Waals surface area contributed by atoms with Crippen LogP contribution in [0.1, 0.15) is 73.5 Å². The van der Waals surface area contributed by atoms with Gasteiger partial charge in [-0.25, -0.2) is 4.98 Å². The van der Waals surface area contributed by atoms with Crippen LogP contribution in [0.15, 0.2) is 60.8 Å². The number of carbonyl (C=O) groups is 3. The fourth-order valence-electron chi connectivity index (χ4n) is 9.36. The van der Waals surface area contributed by atoms with Crippen molar-refractivity contribution in [3.05, 3.63) is 83.0 Å². The monoisotopic (exact) mass is 787 g/mol. The number of rotatable bonds is 8. The lowest BCUT2D eigenvalue weighted by atomic mass is 9.89. The minimum atomic E-state index is -0.612. The van der Waals surface area contributed by atoms with Gasteiger partial charge in [-0.15, -0.1) is 10.2 Å². The topological polar surface area (TPSA) is 148 Å². The molecule has 2 aromatic carbocycles. The van der Waals surface area contributed by atoms with Gasteiger partial charge in [-0.2, -0.15) is 0 Å². The summed E-state index contributed by atoms with van der Waals surface area (Å²) in [7, 11) is 2.07. The molecule has 3 atom stereocenters. The normalized spacial score (nSPS) is 22.9. The predicted molar refractivity (Wildman–Crippen MR) is 222 cm³/mol. The van der Waals surface area contributed by atoms with Crippen LogP contribution in [0.5, 0.6) is 11.6 Å². The number of aryl methyl sites for hydroxylation is 1. The summed E-state index contributed by atoms with van der Waals surface area (Å²) < 4.78 is 6.68. The standard InChI is InChI=1S/C42H47N9O5.C2H6/c1-4-42-20-30(24-51(42)35-19-33(31-7-5-6-8-36(31)52)45-46-38(35)47(3)25-42)56-40-26(2)17-27(21-43-40)22-48-13-15-49(16-14-48)29-10-9-28-23-50(41(55)32(28)18-29)34-11-12-37(53)44-39(34)54;1-2/h5-10,17-19,21,30,34,52H,4,11-16,20,22-25H2,1-3H3,(H,44,53,54);1-2H3. The average Bonchev–Trinajstić information content (AvgIpc) is 3.77. The van der Waals surface area contributed by atoms with E-state index in [0.717, 1.165) is 86.0 Å². The van der Waals surface area contributed by atoms with Crippen LogP contribution in [-0.2, 0) is 22.7 Å². The molecular weight excluding hydrogens is 735 g/mol. The second-order valence-corrected chi connectivity index (χ2v) is 15.9. The van der Waals surface area contributed by atoms with Gasteiger partial charge in [0.05, 0.1) is 23.5 Å². The largest absolute Gasteiger partial charge is 0.507 e. The van der Waals surface area contributed by atoms with Crippen molar-refractivity contribution in [2.45, 2.75) is 84.2 Å². The third-order valence-electron chi connectivity index (χ3n) is 12.4. The number of carbonyl (C=O) groups excluding carboxylic acids is 3. The molecule has 0 bridgehead atoms. The van der Waals surface area contributed by atoms with E-state index in [1.54, 1.807) is 17.0 Å². The highest BCUT2D eigenvalue weighted by Crippen LogP contribution is 2.47. The number of phenolic OH excluding ortho intramolecular Hbond substituents is 1. The van der Waals surface area contributed by atoms with Crippen molar-refractivity contribution in [3.63, 3.8) is 0 Å². The van der Waals surface area contributed by atoms with Gasteiger partial charge in [0.25, 0.3) is 5.91 Å². The summed E-state index contributed by atoms with van der Waals surface area (Å²) in [5.41, 5.74) is 6.88. The number of ether oxygens (including phenoxy) is 1. The highest BCUT2D eigenvalue weighted by Gasteiger charge is 2.50. The number of fused-ring (bicyclic) bond motifs is 4. The quantitative estimate of drug-likeness (QED) is 0.234. The van der Waals surface area contributed by atoms with E-state index < -0.39 is 11.9 Å². The number of benzene rings is 2. The van der Waals surface area contributed by atoms with Gasteiger partial charge in [-0.05, 0) is 67.3 Å². The van der Waals surface area contributed by atoms with Gasteiger partial charge in [0.2, 0.25) is 17.7 Å². The number of amides is 3. The highest BCUT2D eigenvalue weighted by atomic mass is 16.5. The van der Waals surface area contributed by atoms with Crippen LogP contribution in [0.25, 0.3) is 11.3 Å². The van der Waals surface area contributed by atoms with Crippen LogP contribution in [0, 0.1) is 6.92 Å². The van der Waals surface area contributed by atoms with Gasteiger partial charge < -0.3 is 29.4 Å². The number of nitrogens with zero attached hydrogens (tertiary/aromatic N) is 8. The summed E-state index contributed by atoms with van der Waals surface area (Å²) in [4.78, 5) is 53.3. The van der Waals surface area contributed by atoms with Crippen molar-refractivity contribution in [1.29, 1.82) is 0 Å². The van der Waals surface area contributed by atoms with E-state index in [1.807, 2.05) is 50.4 Å². The lowest BCUT2D eigenvalue weighted by Gasteiger charge is -2.47. The number of piperidine rings is 1. The maximum Gasteiger partial charge on any atom is 0.255 e. The second kappa shape index (κ2) is 15.9. The molecule has 5 aliphatic rings. The minimum absolute atomic E-state index is 0.0591. The first-order chi connectivity index (χ1) is 28.1. The Labute approximate surface area is 339 Å². The van der Waals surface area contributed by atoms with Crippen LogP contribution in [0.2, 0.25) is 0 Å². The molecule has 0 spiro atoms. The SMILES string of the molecule is CC.CCC12CC(Oc3ncc(CN4CCN(c5ccc6c(c5)C(=O)N(C5CCC(=O)NC5=O)C6)CC4)cc3C)CN1c1cc(-c3ccccc3O)nnc1N(C)C2. The number of anilines is 3. The summed E-state index contributed by atoms with van der Waals surface area (Å²) in [5, 5.41) is 22.0. The van der Waals surface area contributed by atoms with Crippen LogP contribution >= 0.6 is 0 Å². The van der Waals surface area contributed by atoms with E-state index in [-0.39, 0.29) is 35.6 Å². The molecule has 2 N–H and O–H groups in total. The molecule has 3 unspecified atom stereocenters. The van der Waals surface area contributed by atoms with Gasteiger partial charge in [0, 0.05) is 94.3 Å². The maximum atomic E-state index is 13.4. The number of nitrogens with one attached hydrogen (secondary N) is 1. The first-order valence-corrected chi connectivity index (χ1v) is 20.6. The van der Waals surface area contributed by atoms with Crippen molar-refractivity contribution >= 4 is 34.9 Å². The molecule has 9 rings (SSSR count). The summed E-state index contributed by atoms with van der Waals surface area (Å²) >= 11 is 0. The smallest absolute Gasteiger partial charge is 0.255 e. The lowest BCUT2D eigenvalue weighted by Crippen LogP contribution is -2.55. The third kappa shape index (κ3) is 7.18. The van der Waals surface area contributed by atoms with Crippen molar-refractivity contribution in [2.75, 3.05) is 61.0 Å². The number of pyridine rings is 1. The van der Waals surface area contributed by atoms with Gasteiger partial charge >= 0.3 is 0 Å². The molecule has 3 amide bonds. The zero-order chi connectivity index (χ0) is 40.7. The number of piperazine rings is 1. The molecule has 5 aliphatic heterocycles. The fraction of sp³-hybridized carbons (Fsp3) is 0.455. The Kier molecular flexibility index (Phi) is 10.7. The molecule has 0 saturated carbocycles. The first kappa shape index (κ1) is 39.1. The summed E-state index contributed by atoms with van der Waals surface area (Å²) in [5.74, 6) is 0.847. The Balaban J connectivity index is 0.00000231. The third-order valence-corrected chi connectivity index (χ3v) is 12.4. The number of imide groups is 1. The van der Waals surface area contributed by atoms with Crippen molar-refractivity contribution < 1.29 is 24.2 Å². The molecule has 7 heterocycles. The zero-order valence-electron chi connectivity index (χ0n) is 34.1. The molecule has 3 fully saturated rings. The Morgan fingerprint density at radius 2 is 1.78 bits per heavy atom. The molecule has 304 valence electrons. The first-order valence-electron chi connectivity index (χ1n) is 20.6. The van der Waals surface area contributed by atoms with E-state index in [4.69, 9.17) is 9.72 Å². The molecule has 14 nitrogen and oxygen atoms in total. The zero-order valence-corrected chi connectivity index (χ0v) is 34.1. The molecule has 3 saturated heterocycles. The summed E-state index contributed by atoms with van der Waals surface area (Å²) in [6.07, 6.45) is 4.27. The van der Waals surface area contributed by atoms with E-state index in [2.05, 4.69) is 68.1 Å².